The summed E-state index contributed by atoms with van der Waals surface area (Å²) in [5.41, 5.74) is 0.324. The Balaban J connectivity index is 3.42. The van der Waals surface area contributed by atoms with Crippen LogP contribution >= 0.6 is 0 Å². The van der Waals surface area contributed by atoms with E-state index in [0.29, 0.717) is 18.8 Å². The molecule has 0 aromatic heterocycles. The van der Waals surface area contributed by atoms with Crippen molar-refractivity contribution in [2.75, 3.05) is 13.2 Å². The van der Waals surface area contributed by atoms with Gasteiger partial charge < -0.3 is 9.47 Å². The molecule has 0 amide bonds. The average Bonchev–Trinajstić information content (AvgIpc) is 3.10. The Kier molecular flexibility index (Phi) is 40.0. The highest BCUT2D eigenvalue weighted by molar-refractivity contribution is 5.95. The van der Waals surface area contributed by atoms with Gasteiger partial charge in [-0.1, -0.05) is 232 Å². The third-order valence-electron chi connectivity index (χ3n) is 10.1. The fourth-order valence-corrected chi connectivity index (χ4v) is 6.74. The summed E-state index contributed by atoms with van der Waals surface area (Å²) in [6, 6.07) is 0. The summed E-state index contributed by atoms with van der Waals surface area (Å²) < 4.78 is 10.7. The van der Waals surface area contributed by atoms with E-state index in [0.717, 1.165) is 25.7 Å². The number of rotatable bonds is 40. The van der Waals surface area contributed by atoms with E-state index in [2.05, 4.69) is 13.8 Å². The van der Waals surface area contributed by atoms with Crippen LogP contribution in [-0.4, -0.2) is 25.2 Å². The molecule has 49 heavy (non-hydrogen) atoms. The minimum absolute atomic E-state index is 0.324. The van der Waals surface area contributed by atoms with Crippen LogP contribution in [0.1, 0.15) is 252 Å². The summed E-state index contributed by atoms with van der Waals surface area (Å²) in [6.07, 6.45) is 49.5. The zero-order valence-electron chi connectivity index (χ0n) is 33.6. The van der Waals surface area contributed by atoms with Gasteiger partial charge in [-0.25, -0.2) is 9.59 Å². The zero-order valence-corrected chi connectivity index (χ0v) is 33.6. The minimum atomic E-state index is -0.436. The monoisotopic (exact) mass is 691 g/mol. The molecular formula is C45H86O4. The molecule has 0 saturated carbocycles. The molecule has 4 nitrogen and oxygen atoms in total. The lowest BCUT2D eigenvalue weighted by atomic mass is 10.0. The highest BCUT2D eigenvalue weighted by Crippen LogP contribution is 2.16. The minimum Gasteiger partial charge on any atom is -0.463 e. The molecule has 0 rings (SSSR count). The quantitative estimate of drug-likeness (QED) is 0.0365. The summed E-state index contributed by atoms with van der Waals surface area (Å²) in [6.45, 7) is 7.06. The van der Waals surface area contributed by atoms with Gasteiger partial charge in [0.05, 0.1) is 13.2 Å². The molecule has 0 radical (unpaired) electrons. The van der Waals surface area contributed by atoms with Crippen molar-refractivity contribution < 1.29 is 19.1 Å². The first-order chi connectivity index (χ1) is 24.1. The van der Waals surface area contributed by atoms with Crippen molar-refractivity contribution in [2.24, 2.45) is 0 Å². The first-order valence-corrected chi connectivity index (χ1v) is 22.1. The van der Waals surface area contributed by atoms with Crippen molar-refractivity contribution >= 4 is 11.9 Å². The van der Waals surface area contributed by atoms with Gasteiger partial charge in [-0.2, -0.15) is 0 Å². The number of hydrogen-bond donors (Lipinski definition) is 0. The lowest BCUT2D eigenvalue weighted by Crippen LogP contribution is -2.10. The fourth-order valence-electron chi connectivity index (χ4n) is 6.74. The maximum absolute atomic E-state index is 12.2. The maximum atomic E-state index is 12.2. The van der Waals surface area contributed by atoms with E-state index in [1.165, 1.54) is 212 Å². The van der Waals surface area contributed by atoms with Gasteiger partial charge in [0.25, 0.3) is 0 Å². The van der Waals surface area contributed by atoms with Crippen molar-refractivity contribution in [1.29, 1.82) is 0 Å². The smallest absolute Gasteiger partial charge is 0.333 e. The number of esters is 2. The van der Waals surface area contributed by atoms with Gasteiger partial charge in [-0.3, -0.25) is 0 Å². The molecule has 4 heteroatoms. The van der Waals surface area contributed by atoms with Crippen LogP contribution in [0.5, 0.6) is 0 Å². The second-order valence-corrected chi connectivity index (χ2v) is 15.2. The van der Waals surface area contributed by atoms with Crippen molar-refractivity contribution in [1.82, 2.24) is 0 Å². The molecule has 0 N–H and O–H groups in total. The number of carbonyl (C=O) groups excluding carboxylic acids is 2. The molecule has 0 aliphatic carbocycles. The Bertz CT molecular complexity index is 715. The lowest BCUT2D eigenvalue weighted by Gasteiger charge is -2.06. The molecule has 0 bridgehead atoms. The molecule has 0 atom stereocenters. The van der Waals surface area contributed by atoms with Crippen LogP contribution in [0.4, 0.5) is 0 Å². The summed E-state index contributed by atoms with van der Waals surface area (Å²) in [5, 5.41) is 0. The van der Waals surface area contributed by atoms with E-state index in [-0.39, 0.29) is 0 Å². The van der Waals surface area contributed by atoms with Crippen molar-refractivity contribution in [3.05, 3.63) is 11.6 Å². The van der Waals surface area contributed by atoms with Gasteiger partial charge in [-0.05, 0) is 19.8 Å². The molecule has 0 unspecified atom stereocenters. The maximum Gasteiger partial charge on any atom is 0.333 e. The Morgan fingerprint density at radius 1 is 0.347 bits per heavy atom. The van der Waals surface area contributed by atoms with E-state index >= 15 is 0 Å². The first kappa shape index (κ1) is 47.7. The van der Waals surface area contributed by atoms with E-state index < -0.39 is 11.9 Å². The average molecular weight is 691 g/mol. The van der Waals surface area contributed by atoms with E-state index in [9.17, 15) is 9.59 Å². The Labute approximate surface area is 307 Å². The van der Waals surface area contributed by atoms with Gasteiger partial charge in [0, 0.05) is 11.6 Å². The molecule has 0 aliphatic rings. The first-order valence-electron chi connectivity index (χ1n) is 22.1. The van der Waals surface area contributed by atoms with Gasteiger partial charge in [-0.15, -0.1) is 0 Å². The van der Waals surface area contributed by atoms with Crippen molar-refractivity contribution in [3.63, 3.8) is 0 Å². The molecule has 0 fully saturated rings. The highest BCUT2D eigenvalue weighted by atomic mass is 16.5. The van der Waals surface area contributed by atoms with E-state index in [1.807, 2.05) is 0 Å². The van der Waals surface area contributed by atoms with Gasteiger partial charge in [0.2, 0.25) is 0 Å². The molecule has 0 saturated heterocycles. The lowest BCUT2D eigenvalue weighted by molar-refractivity contribution is -0.141. The topological polar surface area (TPSA) is 52.6 Å². The van der Waals surface area contributed by atoms with Crippen molar-refractivity contribution in [2.45, 2.75) is 252 Å². The standard InChI is InChI=1S/C45H86O4/c1-4-6-8-10-12-14-16-18-20-22-24-26-28-30-32-34-36-38-40-48-44(46)42-43(3)45(47)49-41-39-37-35-33-31-29-27-25-23-21-19-17-15-13-11-9-7-5-2/h42H,4-41H2,1-3H3. The van der Waals surface area contributed by atoms with Crippen LogP contribution in [0.15, 0.2) is 11.6 Å². The number of ether oxygens (including phenoxy) is 2. The summed E-state index contributed by atoms with van der Waals surface area (Å²) >= 11 is 0. The molecule has 0 aromatic carbocycles. The molecular weight excluding hydrogens is 604 g/mol. The van der Waals surface area contributed by atoms with Crippen LogP contribution in [0.2, 0.25) is 0 Å². The fraction of sp³-hybridized carbons (Fsp3) is 0.911. The van der Waals surface area contributed by atoms with Crippen LogP contribution in [0.25, 0.3) is 0 Å². The summed E-state index contributed by atoms with van der Waals surface area (Å²) in [7, 11) is 0. The van der Waals surface area contributed by atoms with E-state index in [4.69, 9.17) is 9.47 Å². The third-order valence-corrected chi connectivity index (χ3v) is 10.1. The summed E-state index contributed by atoms with van der Waals surface area (Å²) in [5.74, 6) is -0.841. The highest BCUT2D eigenvalue weighted by Gasteiger charge is 2.09. The van der Waals surface area contributed by atoms with Crippen molar-refractivity contribution in [3.8, 4) is 0 Å². The second-order valence-electron chi connectivity index (χ2n) is 15.2. The third kappa shape index (κ3) is 39.3. The summed E-state index contributed by atoms with van der Waals surface area (Å²) in [4.78, 5) is 24.3. The van der Waals surface area contributed by atoms with Gasteiger partial charge in [0.1, 0.15) is 0 Å². The van der Waals surface area contributed by atoms with Crippen LogP contribution in [-0.2, 0) is 19.1 Å². The molecule has 0 heterocycles. The number of carbonyl (C=O) groups is 2. The number of hydrogen-bond acceptors (Lipinski definition) is 4. The Hall–Kier alpha value is -1.32. The Morgan fingerprint density at radius 2 is 0.571 bits per heavy atom. The molecule has 0 aromatic rings. The largest absolute Gasteiger partial charge is 0.463 e. The van der Waals surface area contributed by atoms with Gasteiger partial charge >= 0.3 is 11.9 Å². The zero-order chi connectivity index (χ0) is 35.7. The van der Waals surface area contributed by atoms with Gasteiger partial charge in [0.15, 0.2) is 0 Å². The Morgan fingerprint density at radius 3 is 0.837 bits per heavy atom. The molecule has 290 valence electrons. The van der Waals surface area contributed by atoms with Crippen LogP contribution in [0.3, 0.4) is 0 Å². The molecule has 0 aliphatic heterocycles. The van der Waals surface area contributed by atoms with Crippen LogP contribution in [0, 0.1) is 0 Å². The predicted octanol–water partition coefficient (Wildman–Crippen LogP) is 15.1. The normalized spacial score (nSPS) is 11.7. The molecule has 0 spiro atoms. The predicted molar refractivity (Wildman–Crippen MR) is 213 cm³/mol. The van der Waals surface area contributed by atoms with Crippen LogP contribution < -0.4 is 0 Å². The second kappa shape index (κ2) is 41.1. The van der Waals surface area contributed by atoms with E-state index in [1.54, 1.807) is 6.92 Å². The SMILES string of the molecule is CCCCCCCCCCCCCCCCCCCCOC(=O)C=C(C)C(=O)OCCCCCCCCCCCCCCCCCCCC. The number of unbranched alkanes of at least 4 members (excludes halogenated alkanes) is 34.